The third-order valence-electron chi connectivity index (χ3n) is 3.08. The highest BCUT2D eigenvalue weighted by molar-refractivity contribution is 5.94. The summed E-state index contributed by atoms with van der Waals surface area (Å²) in [4.78, 5) is 21.5. The highest BCUT2D eigenvalue weighted by Crippen LogP contribution is 2.26. The van der Waals surface area contributed by atoms with Crippen molar-refractivity contribution in [3.63, 3.8) is 0 Å². The number of anilines is 1. The first-order valence-electron chi connectivity index (χ1n) is 5.98. The zero-order valence-electron chi connectivity index (χ0n) is 10.3. The molecule has 7 heteroatoms. The molecule has 0 radical (unpaired) electrons. The zero-order valence-corrected chi connectivity index (χ0v) is 10.3. The molecule has 1 heterocycles. The van der Waals surface area contributed by atoms with Crippen molar-refractivity contribution < 1.29 is 14.5 Å². The van der Waals surface area contributed by atoms with Crippen molar-refractivity contribution in [2.24, 2.45) is 11.7 Å². The summed E-state index contributed by atoms with van der Waals surface area (Å²) in [6, 6.07) is 4.17. The lowest BCUT2D eigenvalue weighted by atomic mass is 10.1. The minimum absolute atomic E-state index is 0.126. The van der Waals surface area contributed by atoms with E-state index in [0.29, 0.717) is 24.8 Å². The van der Waals surface area contributed by atoms with Gasteiger partial charge in [-0.3, -0.25) is 14.9 Å². The molecule has 1 unspecified atom stereocenters. The second-order valence-electron chi connectivity index (χ2n) is 4.46. The summed E-state index contributed by atoms with van der Waals surface area (Å²) < 4.78 is 5.24. The van der Waals surface area contributed by atoms with Crippen LogP contribution in [-0.4, -0.2) is 30.6 Å². The lowest BCUT2D eigenvalue weighted by Gasteiger charge is -2.11. The maximum atomic E-state index is 11.0. The molecule has 2 rings (SSSR count). The number of rotatable bonds is 5. The standard InChI is InChI=1S/C12H15N3O4/c13-12(16)9-1-2-10(11(5-9)15(17)18)14-6-8-3-4-19-7-8/h1-2,5,8,14H,3-4,6-7H2,(H2,13,16). The van der Waals surface area contributed by atoms with Gasteiger partial charge in [0.2, 0.25) is 5.91 Å². The van der Waals surface area contributed by atoms with Gasteiger partial charge in [0.25, 0.3) is 5.69 Å². The van der Waals surface area contributed by atoms with Gasteiger partial charge in [0.15, 0.2) is 0 Å². The van der Waals surface area contributed by atoms with Gasteiger partial charge >= 0.3 is 0 Å². The first kappa shape index (κ1) is 13.3. The van der Waals surface area contributed by atoms with Crippen molar-refractivity contribution in [1.29, 1.82) is 0 Å². The van der Waals surface area contributed by atoms with E-state index in [9.17, 15) is 14.9 Å². The molecular formula is C12H15N3O4. The van der Waals surface area contributed by atoms with E-state index in [1.807, 2.05) is 0 Å². The predicted molar refractivity (Wildman–Crippen MR) is 69.0 cm³/mol. The molecule has 1 aliphatic heterocycles. The molecule has 1 fully saturated rings. The monoisotopic (exact) mass is 265 g/mol. The van der Waals surface area contributed by atoms with E-state index in [4.69, 9.17) is 10.5 Å². The number of primary amides is 1. The Bertz CT molecular complexity index is 498. The van der Waals surface area contributed by atoms with Gasteiger partial charge in [0.05, 0.1) is 11.5 Å². The van der Waals surface area contributed by atoms with Crippen molar-refractivity contribution in [3.8, 4) is 0 Å². The zero-order chi connectivity index (χ0) is 13.8. The second-order valence-corrected chi connectivity index (χ2v) is 4.46. The molecule has 0 saturated carbocycles. The summed E-state index contributed by atoms with van der Waals surface area (Å²) in [6.45, 7) is 2.01. The van der Waals surface area contributed by atoms with Gasteiger partial charge in [0, 0.05) is 30.7 Å². The summed E-state index contributed by atoms with van der Waals surface area (Å²) in [7, 11) is 0. The summed E-state index contributed by atoms with van der Waals surface area (Å²) in [5.74, 6) is -0.325. The third-order valence-corrected chi connectivity index (χ3v) is 3.08. The quantitative estimate of drug-likeness (QED) is 0.613. The molecule has 7 nitrogen and oxygen atoms in total. The van der Waals surface area contributed by atoms with Crippen molar-refractivity contribution >= 4 is 17.3 Å². The molecule has 3 N–H and O–H groups in total. The number of nitrogens with two attached hydrogens (primary N) is 1. The molecule has 1 aliphatic rings. The van der Waals surface area contributed by atoms with E-state index in [0.717, 1.165) is 13.0 Å². The number of nitro benzene ring substituents is 1. The van der Waals surface area contributed by atoms with Crippen molar-refractivity contribution in [3.05, 3.63) is 33.9 Å². The van der Waals surface area contributed by atoms with Gasteiger partial charge in [-0.1, -0.05) is 0 Å². The number of amides is 1. The molecule has 1 amide bonds. The Labute approximate surface area is 109 Å². The van der Waals surface area contributed by atoms with Gasteiger partial charge in [0.1, 0.15) is 5.69 Å². The van der Waals surface area contributed by atoms with Gasteiger partial charge in [-0.15, -0.1) is 0 Å². The first-order valence-corrected chi connectivity index (χ1v) is 5.98. The predicted octanol–water partition coefficient (Wildman–Crippen LogP) is 1.14. The van der Waals surface area contributed by atoms with Crippen LogP contribution in [0, 0.1) is 16.0 Å². The number of carbonyl (C=O) groups is 1. The number of hydrogen-bond donors (Lipinski definition) is 2. The van der Waals surface area contributed by atoms with Crippen LogP contribution >= 0.6 is 0 Å². The molecule has 1 atom stereocenters. The van der Waals surface area contributed by atoms with E-state index >= 15 is 0 Å². The topological polar surface area (TPSA) is 107 Å². The average molecular weight is 265 g/mol. The minimum Gasteiger partial charge on any atom is -0.381 e. The molecule has 1 saturated heterocycles. The Morgan fingerprint density at radius 3 is 2.95 bits per heavy atom. The number of nitro groups is 1. The fourth-order valence-corrected chi connectivity index (χ4v) is 1.98. The van der Waals surface area contributed by atoms with Crippen LogP contribution in [0.3, 0.4) is 0 Å². The smallest absolute Gasteiger partial charge is 0.293 e. The molecule has 0 aliphatic carbocycles. The molecule has 19 heavy (non-hydrogen) atoms. The Hall–Kier alpha value is -2.15. The van der Waals surface area contributed by atoms with Crippen molar-refractivity contribution in [2.75, 3.05) is 25.1 Å². The first-order chi connectivity index (χ1) is 9.08. The number of benzene rings is 1. The molecule has 0 bridgehead atoms. The maximum Gasteiger partial charge on any atom is 0.293 e. The Kier molecular flexibility index (Phi) is 3.96. The SMILES string of the molecule is NC(=O)c1ccc(NCC2CCOC2)c([N+](=O)[O-])c1. The van der Waals surface area contributed by atoms with Gasteiger partial charge in [-0.2, -0.15) is 0 Å². The molecular weight excluding hydrogens is 250 g/mol. The second kappa shape index (κ2) is 5.66. The molecule has 0 spiro atoms. The van der Waals surface area contributed by atoms with E-state index in [-0.39, 0.29) is 11.3 Å². The highest BCUT2D eigenvalue weighted by atomic mass is 16.6. The fourth-order valence-electron chi connectivity index (χ4n) is 1.98. The van der Waals surface area contributed by atoms with Crippen LogP contribution in [0.2, 0.25) is 0 Å². The van der Waals surface area contributed by atoms with E-state index in [2.05, 4.69) is 5.32 Å². The van der Waals surface area contributed by atoms with Crippen LogP contribution in [0.15, 0.2) is 18.2 Å². The molecule has 102 valence electrons. The summed E-state index contributed by atoms with van der Waals surface area (Å²) in [6.07, 6.45) is 0.945. The molecule has 1 aromatic carbocycles. The van der Waals surface area contributed by atoms with Crippen LogP contribution in [-0.2, 0) is 4.74 Å². The van der Waals surface area contributed by atoms with E-state index in [1.54, 1.807) is 0 Å². The van der Waals surface area contributed by atoms with Crippen LogP contribution in [0.1, 0.15) is 16.8 Å². The van der Waals surface area contributed by atoms with Crippen molar-refractivity contribution in [1.82, 2.24) is 0 Å². The Morgan fingerprint density at radius 2 is 2.37 bits per heavy atom. The van der Waals surface area contributed by atoms with Crippen LogP contribution < -0.4 is 11.1 Å². The summed E-state index contributed by atoms with van der Waals surface area (Å²) >= 11 is 0. The Balaban J connectivity index is 2.14. The number of hydrogen-bond acceptors (Lipinski definition) is 5. The molecule has 1 aromatic rings. The van der Waals surface area contributed by atoms with Crippen LogP contribution in [0.25, 0.3) is 0 Å². The van der Waals surface area contributed by atoms with Crippen LogP contribution in [0.5, 0.6) is 0 Å². The lowest BCUT2D eigenvalue weighted by Crippen LogP contribution is -2.16. The Morgan fingerprint density at radius 1 is 1.58 bits per heavy atom. The number of nitrogens with zero attached hydrogens (tertiary/aromatic N) is 1. The highest BCUT2D eigenvalue weighted by Gasteiger charge is 2.19. The summed E-state index contributed by atoms with van der Waals surface area (Å²) in [5, 5.41) is 14.0. The van der Waals surface area contributed by atoms with E-state index in [1.165, 1.54) is 18.2 Å². The maximum absolute atomic E-state index is 11.0. The van der Waals surface area contributed by atoms with E-state index < -0.39 is 10.8 Å². The molecule has 0 aromatic heterocycles. The summed E-state index contributed by atoms with van der Waals surface area (Å²) in [5.41, 5.74) is 5.48. The third kappa shape index (κ3) is 3.19. The minimum atomic E-state index is -0.682. The average Bonchev–Trinajstić information content (AvgIpc) is 2.89. The van der Waals surface area contributed by atoms with Gasteiger partial charge in [-0.05, 0) is 18.6 Å². The lowest BCUT2D eigenvalue weighted by molar-refractivity contribution is -0.384. The van der Waals surface area contributed by atoms with Gasteiger partial charge in [-0.25, -0.2) is 0 Å². The van der Waals surface area contributed by atoms with Gasteiger partial charge < -0.3 is 15.8 Å². The largest absolute Gasteiger partial charge is 0.381 e. The van der Waals surface area contributed by atoms with Crippen molar-refractivity contribution in [2.45, 2.75) is 6.42 Å². The fraction of sp³-hybridized carbons (Fsp3) is 0.417. The normalized spacial score (nSPS) is 18.2. The number of ether oxygens (including phenoxy) is 1. The number of nitrogens with one attached hydrogen (secondary N) is 1. The van der Waals surface area contributed by atoms with Crippen LogP contribution in [0.4, 0.5) is 11.4 Å². The number of carbonyl (C=O) groups excluding carboxylic acids is 1.